The Labute approximate surface area is 131 Å². The molecule has 7 heteroatoms. The molecule has 0 saturated heterocycles. The molecule has 0 fully saturated rings. The fourth-order valence-corrected chi connectivity index (χ4v) is 3.44. The van der Waals surface area contributed by atoms with Gasteiger partial charge in [0, 0.05) is 24.5 Å². The molecule has 0 spiro atoms. The van der Waals surface area contributed by atoms with E-state index in [0.717, 1.165) is 5.56 Å². The number of hydrogen-bond acceptors (Lipinski definition) is 3. The zero-order valence-electron chi connectivity index (χ0n) is 12.2. The Morgan fingerprint density at radius 1 is 1.33 bits per heavy atom. The van der Waals surface area contributed by atoms with Crippen LogP contribution in [0.15, 0.2) is 24.3 Å². The number of alkyl halides is 1. The SMILES string of the molecule is CC(=O)Nc1cccc(C(C)NS(=O)(=O)CCCCCl)c1. The number of carbonyl (C=O) groups is 1. The largest absolute Gasteiger partial charge is 0.326 e. The Balaban J connectivity index is 2.70. The highest BCUT2D eigenvalue weighted by Crippen LogP contribution is 2.18. The summed E-state index contributed by atoms with van der Waals surface area (Å²) >= 11 is 5.54. The van der Waals surface area contributed by atoms with Crippen LogP contribution in [0.2, 0.25) is 0 Å². The van der Waals surface area contributed by atoms with E-state index >= 15 is 0 Å². The summed E-state index contributed by atoms with van der Waals surface area (Å²) in [6.07, 6.45) is 1.21. The zero-order chi connectivity index (χ0) is 15.9. The molecular formula is C14H21ClN2O3S. The highest BCUT2D eigenvalue weighted by Gasteiger charge is 2.15. The van der Waals surface area contributed by atoms with E-state index in [2.05, 4.69) is 10.0 Å². The van der Waals surface area contributed by atoms with Crippen molar-refractivity contribution in [3.63, 3.8) is 0 Å². The van der Waals surface area contributed by atoms with E-state index in [0.29, 0.717) is 24.4 Å². The predicted molar refractivity (Wildman–Crippen MR) is 86.0 cm³/mol. The number of nitrogens with one attached hydrogen (secondary N) is 2. The van der Waals surface area contributed by atoms with Crippen molar-refractivity contribution in [2.24, 2.45) is 0 Å². The van der Waals surface area contributed by atoms with Crippen LogP contribution in [0.4, 0.5) is 5.69 Å². The molecule has 0 aliphatic heterocycles. The van der Waals surface area contributed by atoms with Gasteiger partial charge in [0.15, 0.2) is 0 Å². The number of sulfonamides is 1. The fourth-order valence-electron chi connectivity index (χ4n) is 1.87. The first kappa shape index (κ1) is 17.9. The van der Waals surface area contributed by atoms with E-state index in [1.165, 1.54) is 6.92 Å². The van der Waals surface area contributed by atoms with Crippen LogP contribution in [0, 0.1) is 0 Å². The fraction of sp³-hybridized carbons (Fsp3) is 0.500. The van der Waals surface area contributed by atoms with Crippen LogP contribution < -0.4 is 10.0 Å². The van der Waals surface area contributed by atoms with Crippen molar-refractivity contribution in [2.75, 3.05) is 16.9 Å². The van der Waals surface area contributed by atoms with Gasteiger partial charge in [-0.1, -0.05) is 12.1 Å². The molecule has 1 unspecified atom stereocenters. The van der Waals surface area contributed by atoms with Crippen molar-refractivity contribution in [1.29, 1.82) is 0 Å². The Morgan fingerprint density at radius 2 is 2.05 bits per heavy atom. The normalized spacial score (nSPS) is 12.9. The molecule has 1 amide bonds. The van der Waals surface area contributed by atoms with E-state index in [9.17, 15) is 13.2 Å². The molecule has 0 heterocycles. The number of amides is 1. The number of unbranched alkanes of at least 4 members (excludes halogenated alkanes) is 1. The van der Waals surface area contributed by atoms with E-state index in [4.69, 9.17) is 11.6 Å². The molecule has 2 N–H and O–H groups in total. The summed E-state index contributed by atoms with van der Waals surface area (Å²) in [5.74, 6) is 0.362. The molecule has 1 atom stereocenters. The first-order chi connectivity index (χ1) is 9.84. The number of hydrogen-bond donors (Lipinski definition) is 2. The lowest BCUT2D eigenvalue weighted by Gasteiger charge is -2.15. The number of carbonyl (C=O) groups excluding carboxylic acids is 1. The zero-order valence-corrected chi connectivity index (χ0v) is 13.8. The molecule has 1 aromatic carbocycles. The molecule has 0 aromatic heterocycles. The van der Waals surface area contributed by atoms with Crippen LogP contribution in [0.1, 0.15) is 38.3 Å². The first-order valence-corrected chi connectivity index (χ1v) is 8.96. The van der Waals surface area contributed by atoms with Crippen LogP contribution in [0.3, 0.4) is 0 Å². The topological polar surface area (TPSA) is 75.3 Å². The third-order valence-electron chi connectivity index (χ3n) is 2.86. The molecule has 1 rings (SSSR count). The Hall–Kier alpha value is -1.11. The lowest BCUT2D eigenvalue weighted by Crippen LogP contribution is -2.29. The molecule has 0 bridgehead atoms. The average molecular weight is 333 g/mol. The maximum atomic E-state index is 11.9. The number of anilines is 1. The van der Waals surface area contributed by atoms with Crippen molar-refractivity contribution >= 4 is 33.2 Å². The van der Waals surface area contributed by atoms with Gasteiger partial charge in [-0.15, -0.1) is 11.6 Å². The van der Waals surface area contributed by atoms with Gasteiger partial charge in [0.25, 0.3) is 0 Å². The summed E-state index contributed by atoms with van der Waals surface area (Å²) in [7, 11) is -3.33. The standard InChI is InChI=1S/C14H21ClN2O3S/c1-11(17-21(19,20)9-4-3-8-15)13-6-5-7-14(10-13)16-12(2)18/h5-7,10-11,17H,3-4,8-9H2,1-2H3,(H,16,18). The number of halogens is 1. The van der Waals surface area contributed by atoms with Gasteiger partial charge < -0.3 is 5.32 Å². The van der Waals surface area contributed by atoms with Gasteiger partial charge in [-0.3, -0.25) is 4.79 Å². The smallest absolute Gasteiger partial charge is 0.221 e. The highest BCUT2D eigenvalue weighted by atomic mass is 35.5. The van der Waals surface area contributed by atoms with Crippen LogP contribution >= 0.6 is 11.6 Å². The third kappa shape index (κ3) is 6.93. The van der Waals surface area contributed by atoms with E-state index in [1.807, 2.05) is 6.07 Å². The summed E-state index contributed by atoms with van der Waals surface area (Å²) in [5.41, 5.74) is 1.44. The summed E-state index contributed by atoms with van der Waals surface area (Å²) in [5, 5.41) is 2.67. The van der Waals surface area contributed by atoms with E-state index in [1.54, 1.807) is 25.1 Å². The average Bonchev–Trinajstić information content (AvgIpc) is 2.37. The van der Waals surface area contributed by atoms with Crippen LogP contribution in [0.25, 0.3) is 0 Å². The minimum absolute atomic E-state index is 0.0649. The number of benzene rings is 1. The lowest BCUT2D eigenvalue weighted by atomic mass is 10.1. The van der Waals surface area contributed by atoms with E-state index < -0.39 is 10.0 Å². The molecule has 1 aromatic rings. The number of rotatable bonds is 8. The second-order valence-electron chi connectivity index (χ2n) is 4.86. The van der Waals surface area contributed by atoms with Gasteiger partial charge in [0.2, 0.25) is 15.9 Å². The Bertz CT molecular complexity index is 575. The summed E-state index contributed by atoms with van der Waals surface area (Å²) < 4.78 is 26.5. The van der Waals surface area contributed by atoms with Crippen molar-refractivity contribution in [3.8, 4) is 0 Å². The molecule has 0 aliphatic carbocycles. The summed E-state index contributed by atoms with van der Waals surface area (Å²) in [4.78, 5) is 11.0. The molecule has 0 radical (unpaired) electrons. The van der Waals surface area contributed by atoms with Crippen LogP contribution in [0.5, 0.6) is 0 Å². The molecular weight excluding hydrogens is 312 g/mol. The maximum absolute atomic E-state index is 11.9. The van der Waals surface area contributed by atoms with Crippen LogP contribution in [-0.2, 0) is 14.8 Å². The minimum Gasteiger partial charge on any atom is -0.326 e. The van der Waals surface area contributed by atoms with Gasteiger partial charge in [-0.05, 0) is 37.5 Å². The lowest BCUT2D eigenvalue weighted by molar-refractivity contribution is -0.114. The molecule has 118 valence electrons. The van der Waals surface area contributed by atoms with Gasteiger partial charge >= 0.3 is 0 Å². The second-order valence-corrected chi connectivity index (χ2v) is 7.11. The summed E-state index contributed by atoms with van der Waals surface area (Å²) in [6, 6.07) is 6.75. The van der Waals surface area contributed by atoms with Crippen LogP contribution in [-0.4, -0.2) is 26.0 Å². The van der Waals surface area contributed by atoms with Crippen molar-refractivity contribution < 1.29 is 13.2 Å². The van der Waals surface area contributed by atoms with Gasteiger partial charge in [-0.2, -0.15) is 0 Å². The maximum Gasteiger partial charge on any atom is 0.221 e. The van der Waals surface area contributed by atoms with Crippen molar-refractivity contribution in [3.05, 3.63) is 29.8 Å². The van der Waals surface area contributed by atoms with Crippen molar-refractivity contribution in [2.45, 2.75) is 32.7 Å². The first-order valence-electron chi connectivity index (χ1n) is 6.77. The molecule has 0 saturated carbocycles. The third-order valence-corrected chi connectivity index (χ3v) is 4.67. The predicted octanol–water partition coefficient (Wildman–Crippen LogP) is 2.64. The Morgan fingerprint density at radius 3 is 2.67 bits per heavy atom. The minimum atomic E-state index is -3.33. The van der Waals surface area contributed by atoms with Crippen molar-refractivity contribution in [1.82, 2.24) is 4.72 Å². The second kappa shape index (κ2) is 8.36. The van der Waals surface area contributed by atoms with Gasteiger partial charge in [-0.25, -0.2) is 13.1 Å². The summed E-state index contributed by atoms with van der Waals surface area (Å²) in [6.45, 7) is 3.20. The quantitative estimate of drug-likeness (QED) is 0.567. The highest BCUT2D eigenvalue weighted by molar-refractivity contribution is 7.89. The molecule has 21 heavy (non-hydrogen) atoms. The molecule has 5 nitrogen and oxygen atoms in total. The van der Waals surface area contributed by atoms with E-state index in [-0.39, 0.29) is 17.7 Å². The monoisotopic (exact) mass is 332 g/mol. The Kier molecular flexibility index (Phi) is 7.14. The van der Waals surface area contributed by atoms with Gasteiger partial charge in [0.05, 0.1) is 5.75 Å². The van der Waals surface area contributed by atoms with Gasteiger partial charge in [0.1, 0.15) is 0 Å². The molecule has 0 aliphatic rings.